The van der Waals surface area contributed by atoms with Crippen LogP contribution in [0, 0.1) is 16.2 Å². The van der Waals surface area contributed by atoms with E-state index >= 15 is 0 Å². The first-order valence-corrected chi connectivity index (χ1v) is 11.2. The number of rotatable bonds is 13. The van der Waals surface area contributed by atoms with E-state index in [4.69, 9.17) is 9.47 Å². The van der Waals surface area contributed by atoms with Crippen LogP contribution in [-0.2, 0) is 19.1 Å². The minimum Gasteiger partial charge on any atom is -0.501 e. The van der Waals surface area contributed by atoms with Gasteiger partial charge in [0, 0.05) is 10.8 Å². The van der Waals surface area contributed by atoms with Crippen molar-refractivity contribution in [2.75, 3.05) is 13.2 Å². The second kappa shape index (κ2) is 10.9. The maximum Gasteiger partial charge on any atom is 0.310 e. The zero-order valence-corrected chi connectivity index (χ0v) is 18.2. The molecule has 6 nitrogen and oxygen atoms in total. The van der Waals surface area contributed by atoms with Crippen LogP contribution in [0.3, 0.4) is 0 Å². The van der Waals surface area contributed by atoms with Crippen LogP contribution in [0.15, 0.2) is 25.7 Å². The summed E-state index contributed by atoms with van der Waals surface area (Å²) in [5.74, 6) is -2.08. The molecule has 0 spiro atoms. The predicted molar refractivity (Wildman–Crippen MR) is 115 cm³/mol. The fourth-order valence-corrected chi connectivity index (χ4v) is 5.96. The van der Waals surface area contributed by atoms with Gasteiger partial charge in [0.2, 0.25) is 0 Å². The minimum atomic E-state index is -1.35. The molecule has 0 unspecified atom stereocenters. The summed E-state index contributed by atoms with van der Waals surface area (Å²) in [5.41, 5.74) is -2.03. The van der Waals surface area contributed by atoms with Crippen molar-refractivity contribution in [3.05, 3.63) is 25.7 Å². The van der Waals surface area contributed by atoms with Crippen molar-refractivity contribution >= 4 is 11.9 Å². The van der Waals surface area contributed by atoms with Crippen LogP contribution in [0.1, 0.15) is 83.5 Å². The molecule has 170 valence electrons. The Morgan fingerprint density at radius 3 is 1.50 bits per heavy atom. The van der Waals surface area contributed by atoms with Gasteiger partial charge < -0.3 is 19.7 Å². The van der Waals surface area contributed by atoms with Gasteiger partial charge in [-0.15, -0.1) is 0 Å². The number of hydrogen-bond acceptors (Lipinski definition) is 4. The lowest BCUT2D eigenvalue weighted by molar-refractivity contribution is -0.164. The fourth-order valence-electron chi connectivity index (χ4n) is 5.96. The van der Waals surface area contributed by atoms with Gasteiger partial charge in [-0.1, -0.05) is 51.7 Å². The lowest BCUT2D eigenvalue weighted by Gasteiger charge is -2.47. The van der Waals surface area contributed by atoms with Crippen LogP contribution in [0.4, 0.5) is 0 Å². The smallest absolute Gasteiger partial charge is 0.310 e. The summed E-state index contributed by atoms with van der Waals surface area (Å²) in [6.07, 6.45) is 12.7. The topological polar surface area (TPSA) is 93.1 Å². The first-order valence-electron chi connectivity index (χ1n) is 11.2. The number of carboxylic acids is 2. The highest BCUT2D eigenvalue weighted by Crippen LogP contribution is 2.54. The Morgan fingerprint density at radius 1 is 0.800 bits per heavy atom. The van der Waals surface area contributed by atoms with Gasteiger partial charge in [-0.2, -0.15) is 0 Å². The summed E-state index contributed by atoms with van der Waals surface area (Å²) in [7, 11) is 0. The third kappa shape index (κ3) is 6.26. The Balaban J connectivity index is 2.42. The van der Waals surface area contributed by atoms with Crippen LogP contribution in [-0.4, -0.2) is 35.4 Å². The van der Waals surface area contributed by atoms with Crippen LogP contribution in [0.2, 0.25) is 0 Å². The van der Waals surface area contributed by atoms with Crippen molar-refractivity contribution in [3.8, 4) is 0 Å². The summed E-state index contributed by atoms with van der Waals surface area (Å²) >= 11 is 0. The zero-order chi connectivity index (χ0) is 22.1. The molecule has 0 amide bonds. The molecule has 6 heteroatoms. The van der Waals surface area contributed by atoms with Crippen molar-refractivity contribution in [1.29, 1.82) is 0 Å². The number of carboxylic acid groups (broad SMARTS) is 2. The summed E-state index contributed by atoms with van der Waals surface area (Å²) in [6.45, 7) is 8.05. The lowest BCUT2D eigenvalue weighted by atomic mass is 9.57. The maximum absolute atomic E-state index is 12.8. The molecular weight excluding hydrogens is 384 g/mol. The highest BCUT2D eigenvalue weighted by Gasteiger charge is 2.52. The Hall–Kier alpha value is -1.98. The van der Waals surface area contributed by atoms with E-state index < -0.39 is 17.4 Å². The van der Waals surface area contributed by atoms with Crippen molar-refractivity contribution in [2.45, 2.75) is 83.5 Å². The Bertz CT molecular complexity index is 563. The minimum absolute atomic E-state index is 0.311. The average Bonchev–Trinajstić information content (AvgIpc) is 2.71. The van der Waals surface area contributed by atoms with Crippen LogP contribution < -0.4 is 0 Å². The van der Waals surface area contributed by atoms with Gasteiger partial charge in [-0.25, -0.2) is 0 Å². The molecule has 0 bridgehead atoms. The van der Waals surface area contributed by atoms with Crippen molar-refractivity contribution in [2.24, 2.45) is 16.2 Å². The summed E-state index contributed by atoms with van der Waals surface area (Å²) in [5, 5.41) is 20.1. The Labute approximate surface area is 180 Å². The quantitative estimate of drug-likeness (QED) is 0.379. The van der Waals surface area contributed by atoms with Gasteiger partial charge in [-0.05, 0) is 38.5 Å². The first-order chi connectivity index (χ1) is 14.3. The largest absolute Gasteiger partial charge is 0.501 e. The second-order valence-corrected chi connectivity index (χ2v) is 9.59. The molecule has 0 radical (unpaired) electrons. The predicted octanol–water partition coefficient (Wildman–Crippen LogP) is 5.53. The Morgan fingerprint density at radius 2 is 1.20 bits per heavy atom. The zero-order valence-electron chi connectivity index (χ0n) is 18.2. The number of ether oxygens (including phenoxy) is 2. The summed E-state index contributed by atoms with van der Waals surface area (Å²) in [6, 6.07) is 0. The van der Waals surface area contributed by atoms with E-state index in [0.29, 0.717) is 26.1 Å². The molecule has 30 heavy (non-hydrogen) atoms. The molecule has 2 N–H and O–H groups in total. The van der Waals surface area contributed by atoms with Gasteiger partial charge in [0.15, 0.2) is 0 Å². The third-order valence-corrected chi connectivity index (χ3v) is 7.21. The molecule has 0 aliphatic heterocycles. The average molecular weight is 423 g/mol. The lowest BCUT2D eigenvalue weighted by Crippen LogP contribution is -2.47. The second-order valence-electron chi connectivity index (χ2n) is 9.59. The highest BCUT2D eigenvalue weighted by molar-refractivity contribution is 5.81. The van der Waals surface area contributed by atoms with E-state index in [0.717, 1.165) is 64.2 Å². The standard InChI is InChI=1S/C24H38O6/c1-3-29-18-22(11-7-5-8-12-22)16-24(21(27)28,15-20(25)26)17-23(19-30-4-2)13-9-6-10-14-23/h3-4H,1-2,5-19H2,(H,25,26)(H,27,28). The van der Waals surface area contributed by atoms with E-state index in [-0.39, 0.29) is 17.3 Å². The van der Waals surface area contributed by atoms with Gasteiger partial charge in [0.05, 0.1) is 37.6 Å². The molecule has 2 aliphatic rings. The summed E-state index contributed by atoms with van der Waals surface area (Å²) < 4.78 is 11.1. The molecule has 2 saturated carbocycles. The third-order valence-electron chi connectivity index (χ3n) is 7.21. The normalized spacial score (nSPS) is 20.7. The SMILES string of the molecule is C=COCC1(CC(CC(=O)O)(CC2(COC=C)CCCCC2)C(=O)O)CCCCC1. The first kappa shape index (κ1) is 24.3. The van der Waals surface area contributed by atoms with E-state index in [1.807, 2.05) is 0 Å². The molecule has 0 aromatic heterocycles. The number of hydrogen-bond donors (Lipinski definition) is 2. The molecule has 2 aliphatic carbocycles. The molecule has 0 heterocycles. The van der Waals surface area contributed by atoms with Crippen molar-refractivity contribution in [1.82, 2.24) is 0 Å². The molecule has 2 fully saturated rings. The van der Waals surface area contributed by atoms with E-state index in [2.05, 4.69) is 13.2 Å². The summed E-state index contributed by atoms with van der Waals surface area (Å²) in [4.78, 5) is 24.6. The van der Waals surface area contributed by atoms with Crippen LogP contribution in [0.5, 0.6) is 0 Å². The fraction of sp³-hybridized carbons (Fsp3) is 0.750. The molecule has 2 rings (SSSR count). The van der Waals surface area contributed by atoms with Gasteiger partial charge in [-0.3, -0.25) is 9.59 Å². The van der Waals surface area contributed by atoms with Crippen molar-refractivity contribution < 1.29 is 29.3 Å². The highest BCUT2D eigenvalue weighted by atomic mass is 16.5. The maximum atomic E-state index is 12.8. The van der Waals surface area contributed by atoms with E-state index in [9.17, 15) is 19.8 Å². The van der Waals surface area contributed by atoms with Crippen molar-refractivity contribution in [3.63, 3.8) is 0 Å². The molecule has 0 atom stereocenters. The number of aliphatic carboxylic acids is 2. The van der Waals surface area contributed by atoms with E-state index in [1.165, 1.54) is 12.5 Å². The van der Waals surface area contributed by atoms with Gasteiger partial charge >= 0.3 is 11.9 Å². The molecular formula is C24H38O6. The monoisotopic (exact) mass is 422 g/mol. The van der Waals surface area contributed by atoms with Gasteiger partial charge in [0.25, 0.3) is 0 Å². The van der Waals surface area contributed by atoms with Crippen LogP contribution >= 0.6 is 0 Å². The van der Waals surface area contributed by atoms with E-state index in [1.54, 1.807) is 0 Å². The number of carbonyl (C=O) groups is 2. The van der Waals surface area contributed by atoms with Gasteiger partial charge in [0.1, 0.15) is 0 Å². The Kier molecular flexibility index (Phi) is 8.80. The molecule has 0 aromatic carbocycles. The molecule has 0 aromatic rings. The molecule has 0 saturated heterocycles. The van der Waals surface area contributed by atoms with Crippen LogP contribution in [0.25, 0.3) is 0 Å².